The van der Waals surface area contributed by atoms with Gasteiger partial charge in [0.2, 0.25) is 0 Å². The third-order valence-corrected chi connectivity index (χ3v) is 2.52. The van der Waals surface area contributed by atoms with Gasteiger partial charge in [0, 0.05) is 0 Å². The Hall–Kier alpha value is -1.89. The number of aliphatic hydroxyl groups excluding tert-OH is 1. The molecule has 1 aromatic carbocycles. The SMILES string of the molecule is Cc1nc2cc(C(F)(F)F)c(CO)cc2c(=O)[nH]1. The summed E-state index contributed by atoms with van der Waals surface area (Å²) in [4.78, 5) is 17.8. The van der Waals surface area contributed by atoms with Gasteiger partial charge in [0.15, 0.2) is 0 Å². The molecule has 0 amide bonds. The molecular weight excluding hydrogens is 249 g/mol. The van der Waals surface area contributed by atoms with Crippen molar-refractivity contribution in [2.24, 2.45) is 0 Å². The average Bonchev–Trinajstić information content (AvgIpc) is 2.26. The standard InChI is InChI=1S/C11H9F3N2O2/c1-5-15-9-3-8(11(12,13)14)6(4-17)2-7(9)10(18)16-5/h2-3,17H,4H2,1H3,(H,15,16,18). The van der Waals surface area contributed by atoms with E-state index in [0.29, 0.717) is 0 Å². The maximum atomic E-state index is 12.7. The Labute approximate surface area is 99.1 Å². The first-order chi connectivity index (χ1) is 8.32. The number of nitrogens with one attached hydrogen (secondary N) is 1. The van der Waals surface area contributed by atoms with Gasteiger partial charge in [0.05, 0.1) is 23.1 Å². The van der Waals surface area contributed by atoms with Gasteiger partial charge in [0.25, 0.3) is 5.56 Å². The summed E-state index contributed by atoms with van der Waals surface area (Å²) in [6, 6.07) is 1.80. The zero-order chi connectivity index (χ0) is 13.5. The smallest absolute Gasteiger partial charge is 0.392 e. The Balaban J connectivity index is 2.86. The Kier molecular flexibility index (Phi) is 2.86. The lowest BCUT2D eigenvalue weighted by molar-refractivity contribution is -0.138. The minimum Gasteiger partial charge on any atom is -0.392 e. The van der Waals surface area contributed by atoms with Gasteiger partial charge in [0.1, 0.15) is 5.82 Å². The number of aromatic amines is 1. The molecule has 96 valence electrons. The number of H-pyrrole nitrogens is 1. The zero-order valence-corrected chi connectivity index (χ0v) is 9.30. The van der Waals surface area contributed by atoms with E-state index in [2.05, 4.69) is 9.97 Å². The lowest BCUT2D eigenvalue weighted by Crippen LogP contribution is -2.14. The van der Waals surface area contributed by atoms with Crippen molar-refractivity contribution in [1.29, 1.82) is 0 Å². The van der Waals surface area contributed by atoms with E-state index >= 15 is 0 Å². The molecule has 0 bridgehead atoms. The molecule has 0 fully saturated rings. The van der Waals surface area contributed by atoms with Gasteiger partial charge in [-0.15, -0.1) is 0 Å². The van der Waals surface area contributed by atoms with Gasteiger partial charge in [-0.3, -0.25) is 4.79 Å². The highest BCUT2D eigenvalue weighted by molar-refractivity contribution is 5.79. The number of aliphatic hydroxyl groups is 1. The lowest BCUT2D eigenvalue weighted by atomic mass is 10.0. The molecule has 18 heavy (non-hydrogen) atoms. The van der Waals surface area contributed by atoms with Crippen LogP contribution in [-0.4, -0.2) is 15.1 Å². The lowest BCUT2D eigenvalue weighted by Gasteiger charge is -2.12. The van der Waals surface area contributed by atoms with Crippen LogP contribution in [0.4, 0.5) is 13.2 Å². The minimum atomic E-state index is -4.59. The summed E-state index contributed by atoms with van der Waals surface area (Å²) in [5.74, 6) is 0.234. The molecule has 2 aromatic rings. The largest absolute Gasteiger partial charge is 0.416 e. The van der Waals surface area contributed by atoms with Crippen molar-refractivity contribution in [1.82, 2.24) is 9.97 Å². The van der Waals surface area contributed by atoms with Crippen LogP contribution in [-0.2, 0) is 12.8 Å². The van der Waals surface area contributed by atoms with E-state index in [4.69, 9.17) is 5.11 Å². The second kappa shape index (κ2) is 4.09. The summed E-state index contributed by atoms with van der Waals surface area (Å²) >= 11 is 0. The molecule has 0 radical (unpaired) electrons. The van der Waals surface area contributed by atoms with Gasteiger partial charge in [-0.1, -0.05) is 0 Å². The zero-order valence-electron chi connectivity index (χ0n) is 9.30. The third-order valence-electron chi connectivity index (χ3n) is 2.52. The Morgan fingerprint density at radius 2 is 2.06 bits per heavy atom. The first kappa shape index (κ1) is 12.6. The molecule has 7 heteroatoms. The number of aryl methyl sites for hydroxylation is 1. The predicted octanol–water partition coefficient (Wildman–Crippen LogP) is 1.74. The number of benzene rings is 1. The van der Waals surface area contributed by atoms with Crippen LogP contribution in [0.5, 0.6) is 0 Å². The van der Waals surface area contributed by atoms with Crippen molar-refractivity contribution in [3.8, 4) is 0 Å². The quantitative estimate of drug-likeness (QED) is 0.818. The van der Waals surface area contributed by atoms with Crippen LogP contribution in [0.15, 0.2) is 16.9 Å². The van der Waals surface area contributed by atoms with E-state index in [0.717, 1.165) is 12.1 Å². The molecule has 1 heterocycles. The second-order valence-corrected chi connectivity index (χ2v) is 3.83. The number of fused-ring (bicyclic) bond motifs is 1. The summed E-state index contributed by atoms with van der Waals surface area (Å²) in [5, 5.41) is 8.98. The Morgan fingerprint density at radius 3 is 2.61 bits per heavy atom. The minimum absolute atomic E-state index is 0.0256. The normalized spacial score (nSPS) is 12.1. The summed E-state index contributed by atoms with van der Waals surface area (Å²) in [7, 11) is 0. The van der Waals surface area contributed by atoms with Crippen LogP contribution in [0.25, 0.3) is 10.9 Å². The average molecular weight is 258 g/mol. The molecule has 0 aliphatic rings. The fourth-order valence-corrected chi connectivity index (χ4v) is 1.74. The van der Waals surface area contributed by atoms with Crippen LogP contribution >= 0.6 is 0 Å². The van der Waals surface area contributed by atoms with Crippen molar-refractivity contribution in [3.63, 3.8) is 0 Å². The van der Waals surface area contributed by atoms with E-state index < -0.39 is 23.9 Å². The number of rotatable bonds is 1. The molecule has 0 aliphatic carbocycles. The molecule has 0 unspecified atom stereocenters. The molecular formula is C11H9F3N2O2. The molecule has 0 spiro atoms. The van der Waals surface area contributed by atoms with Gasteiger partial charge in [-0.2, -0.15) is 13.2 Å². The number of nitrogens with zero attached hydrogens (tertiary/aromatic N) is 1. The van der Waals surface area contributed by atoms with E-state index in [-0.39, 0.29) is 22.3 Å². The second-order valence-electron chi connectivity index (χ2n) is 3.83. The number of halogens is 3. The van der Waals surface area contributed by atoms with Crippen molar-refractivity contribution in [2.45, 2.75) is 19.7 Å². The predicted molar refractivity (Wildman–Crippen MR) is 58.0 cm³/mol. The van der Waals surface area contributed by atoms with Crippen molar-refractivity contribution in [2.75, 3.05) is 0 Å². The van der Waals surface area contributed by atoms with Gasteiger partial charge < -0.3 is 10.1 Å². The summed E-state index contributed by atoms with van der Waals surface area (Å²) in [5.41, 5.74) is -1.89. The van der Waals surface area contributed by atoms with Crippen molar-refractivity contribution >= 4 is 10.9 Å². The maximum Gasteiger partial charge on any atom is 0.416 e. The summed E-state index contributed by atoms with van der Waals surface area (Å²) in [6.45, 7) is 0.687. The van der Waals surface area contributed by atoms with Crippen LogP contribution < -0.4 is 5.56 Å². The van der Waals surface area contributed by atoms with Crippen molar-refractivity contribution < 1.29 is 18.3 Å². The fourth-order valence-electron chi connectivity index (χ4n) is 1.74. The number of aromatic nitrogens is 2. The Morgan fingerprint density at radius 1 is 1.39 bits per heavy atom. The number of alkyl halides is 3. The maximum absolute atomic E-state index is 12.7. The molecule has 0 atom stereocenters. The van der Waals surface area contributed by atoms with Crippen LogP contribution in [0.2, 0.25) is 0 Å². The first-order valence-electron chi connectivity index (χ1n) is 5.04. The summed E-state index contributed by atoms with van der Waals surface area (Å²) in [6.07, 6.45) is -4.59. The first-order valence-corrected chi connectivity index (χ1v) is 5.04. The fraction of sp³-hybridized carbons (Fsp3) is 0.273. The highest BCUT2D eigenvalue weighted by Crippen LogP contribution is 2.33. The molecule has 2 N–H and O–H groups in total. The van der Waals surface area contributed by atoms with Crippen LogP contribution in [0, 0.1) is 6.92 Å². The van der Waals surface area contributed by atoms with Gasteiger partial charge >= 0.3 is 6.18 Å². The van der Waals surface area contributed by atoms with E-state index in [1.807, 2.05) is 0 Å². The molecule has 1 aromatic heterocycles. The van der Waals surface area contributed by atoms with Crippen LogP contribution in [0.3, 0.4) is 0 Å². The van der Waals surface area contributed by atoms with E-state index in [1.165, 1.54) is 6.92 Å². The molecule has 0 saturated carbocycles. The van der Waals surface area contributed by atoms with Gasteiger partial charge in [-0.25, -0.2) is 4.98 Å². The third kappa shape index (κ3) is 2.08. The number of hydrogen-bond acceptors (Lipinski definition) is 3. The Bertz CT molecular complexity index is 662. The molecule has 0 saturated heterocycles. The monoisotopic (exact) mass is 258 g/mol. The highest BCUT2D eigenvalue weighted by atomic mass is 19.4. The van der Waals surface area contributed by atoms with E-state index in [1.54, 1.807) is 0 Å². The summed E-state index contributed by atoms with van der Waals surface area (Å²) < 4.78 is 38.2. The topological polar surface area (TPSA) is 66.0 Å². The molecule has 4 nitrogen and oxygen atoms in total. The van der Waals surface area contributed by atoms with E-state index in [9.17, 15) is 18.0 Å². The van der Waals surface area contributed by atoms with Crippen LogP contribution in [0.1, 0.15) is 17.0 Å². The van der Waals surface area contributed by atoms with Crippen molar-refractivity contribution in [3.05, 3.63) is 39.4 Å². The van der Waals surface area contributed by atoms with Gasteiger partial charge in [-0.05, 0) is 24.6 Å². The number of hydrogen-bond donors (Lipinski definition) is 2. The highest BCUT2D eigenvalue weighted by Gasteiger charge is 2.33. The molecule has 2 rings (SSSR count). The molecule has 0 aliphatic heterocycles.